The van der Waals surface area contributed by atoms with E-state index in [1.807, 2.05) is 24.3 Å². The van der Waals surface area contributed by atoms with Crippen molar-refractivity contribution in [3.05, 3.63) is 68.9 Å². The minimum Gasteiger partial charge on any atom is -0.271 e. The molecule has 1 atom stereocenters. The molecule has 0 bridgehead atoms. The third-order valence-electron chi connectivity index (χ3n) is 2.66. The fourth-order valence-corrected chi connectivity index (χ4v) is 2.46. The molecule has 18 heavy (non-hydrogen) atoms. The van der Waals surface area contributed by atoms with Crippen molar-refractivity contribution in [1.82, 2.24) is 5.43 Å². The molecule has 0 aromatic heterocycles. The first-order chi connectivity index (χ1) is 8.63. The van der Waals surface area contributed by atoms with Crippen molar-refractivity contribution in [2.24, 2.45) is 5.84 Å². The predicted molar refractivity (Wildman–Crippen MR) is 74.7 cm³/mol. The molecule has 0 amide bonds. The normalized spacial score (nSPS) is 12.4. The van der Waals surface area contributed by atoms with Crippen molar-refractivity contribution in [3.8, 4) is 0 Å². The van der Waals surface area contributed by atoms with Gasteiger partial charge in [0.1, 0.15) is 5.82 Å². The van der Waals surface area contributed by atoms with Gasteiger partial charge in [-0.1, -0.05) is 51.8 Å². The fraction of sp³-hybridized carbons (Fsp3) is 0.0769. The molecular formula is C13H11BrClFN2. The Balaban J connectivity index is 2.49. The highest BCUT2D eigenvalue weighted by Crippen LogP contribution is 2.30. The Morgan fingerprint density at radius 3 is 2.50 bits per heavy atom. The second kappa shape index (κ2) is 5.80. The van der Waals surface area contributed by atoms with Crippen LogP contribution >= 0.6 is 27.5 Å². The number of halogens is 3. The zero-order valence-corrected chi connectivity index (χ0v) is 11.7. The summed E-state index contributed by atoms with van der Waals surface area (Å²) in [5, 5.41) is 0.360. The molecule has 5 heteroatoms. The Hall–Kier alpha value is -0.940. The van der Waals surface area contributed by atoms with Crippen LogP contribution in [0.25, 0.3) is 0 Å². The summed E-state index contributed by atoms with van der Waals surface area (Å²) in [6.45, 7) is 0. The first kappa shape index (κ1) is 13.5. The van der Waals surface area contributed by atoms with Gasteiger partial charge in [-0.15, -0.1) is 0 Å². The number of nitrogens with two attached hydrogens (primary N) is 1. The van der Waals surface area contributed by atoms with Crippen LogP contribution in [0.3, 0.4) is 0 Å². The van der Waals surface area contributed by atoms with Crippen molar-refractivity contribution < 1.29 is 4.39 Å². The minimum absolute atomic E-state index is 0.360. The van der Waals surface area contributed by atoms with E-state index in [1.165, 1.54) is 6.07 Å². The fourth-order valence-electron chi connectivity index (χ4n) is 1.79. The molecule has 2 aromatic carbocycles. The number of rotatable bonds is 3. The maximum atomic E-state index is 13.9. The molecule has 94 valence electrons. The quantitative estimate of drug-likeness (QED) is 0.664. The summed E-state index contributed by atoms with van der Waals surface area (Å²) >= 11 is 9.17. The lowest BCUT2D eigenvalue weighted by atomic mass is 9.99. The van der Waals surface area contributed by atoms with Gasteiger partial charge in [0.15, 0.2) is 0 Å². The molecule has 0 spiro atoms. The number of hydrazine groups is 1. The highest BCUT2D eigenvalue weighted by Gasteiger charge is 2.18. The predicted octanol–water partition coefficient (Wildman–Crippen LogP) is 3.79. The summed E-state index contributed by atoms with van der Waals surface area (Å²) in [5.74, 6) is 5.15. The Kier molecular flexibility index (Phi) is 4.35. The molecule has 0 fully saturated rings. The summed E-state index contributed by atoms with van der Waals surface area (Å²) in [7, 11) is 0. The van der Waals surface area contributed by atoms with Crippen LogP contribution in [-0.2, 0) is 0 Å². The van der Waals surface area contributed by atoms with Gasteiger partial charge < -0.3 is 0 Å². The number of hydrogen-bond donors (Lipinski definition) is 2. The van der Waals surface area contributed by atoms with Crippen molar-refractivity contribution in [3.63, 3.8) is 0 Å². The van der Waals surface area contributed by atoms with Crippen LogP contribution in [0.1, 0.15) is 17.2 Å². The number of benzene rings is 2. The summed E-state index contributed by atoms with van der Waals surface area (Å²) in [6.07, 6.45) is 0. The van der Waals surface area contributed by atoms with E-state index in [-0.39, 0.29) is 5.82 Å². The highest BCUT2D eigenvalue weighted by molar-refractivity contribution is 9.10. The van der Waals surface area contributed by atoms with Gasteiger partial charge in [0.05, 0.1) is 6.04 Å². The van der Waals surface area contributed by atoms with Crippen LogP contribution in [0, 0.1) is 5.82 Å². The second-order valence-electron chi connectivity index (χ2n) is 3.79. The second-order valence-corrected chi connectivity index (χ2v) is 5.08. The molecule has 3 N–H and O–H groups in total. The maximum Gasteiger partial charge on any atom is 0.129 e. The van der Waals surface area contributed by atoms with Crippen LogP contribution in [0.4, 0.5) is 4.39 Å². The van der Waals surface area contributed by atoms with Crippen molar-refractivity contribution in [1.29, 1.82) is 0 Å². The van der Waals surface area contributed by atoms with E-state index in [1.54, 1.807) is 12.1 Å². The molecule has 2 rings (SSSR count). The Bertz CT molecular complexity index is 562. The third-order valence-corrected chi connectivity index (χ3v) is 3.61. The number of nitrogens with one attached hydrogen (secondary N) is 1. The Labute approximate surface area is 118 Å². The lowest BCUT2D eigenvalue weighted by Crippen LogP contribution is -2.29. The molecule has 1 unspecified atom stereocenters. The molecule has 0 radical (unpaired) electrons. The largest absolute Gasteiger partial charge is 0.271 e. The van der Waals surface area contributed by atoms with E-state index in [4.69, 9.17) is 17.4 Å². The van der Waals surface area contributed by atoms with Crippen LogP contribution in [-0.4, -0.2) is 0 Å². The summed E-state index contributed by atoms with van der Waals surface area (Å²) < 4.78 is 14.8. The van der Waals surface area contributed by atoms with E-state index in [2.05, 4.69) is 21.4 Å². The number of hydrogen-bond acceptors (Lipinski definition) is 2. The Morgan fingerprint density at radius 1 is 1.17 bits per heavy atom. The van der Waals surface area contributed by atoms with Gasteiger partial charge in [-0.3, -0.25) is 5.84 Å². The maximum absolute atomic E-state index is 13.9. The molecule has 0 aliphatic heterocycles. The van der Waals surface area contributed by atoms with E-state index in [9.17, 15) is 4.39 Å². The zero-order valence-electron chi connectivity index (χ0n) is 9.33. The highest BCUT2D eigenvalue weighted by atomic mass is 79.9. The van der Waals surface area contributed by atoms with Gasteiger partial charge in [0.2, 0.25) is 0 Å². The molecule has 2 aromatic rings. The third kappa shape index (κ3) is 2.72. The summed E-state index contributed by atoms with van der Waals surface area (Å²) in [4.78, 5) is 0. The van der Waals surface area contributed by atoms with Gasteiger partial charge in [-0.05, 0) is 23.8 Å². The lowest BCUT2D eigenvalue weighted by Gasteiger charge is -2.19. The van der Waals surface area contributed by atoms with E-state index < -0.39 is 6.04 Å². The standard InChI is InChI=1S/C13H11BrClFN2/c14-11-4-2-1-3-9(11)13(18-17)10-6-5-8(15)7-12(10)16/h1-7,13,18H,17H2. The van der Waals surface area contributed by atoms with Crippen LogP contribution < -0.4 is 11.3 Å². The van der Waals surface area contributed by atoms with Gasteiger partial charge in [0.25, 0.3) is 0 Å². The minimum atomic E-state index is -0.433. The van der Waals surface area contributed by atoms with Crippen LogP contribution in [0.2, 0.25) is 5.02 Å². The van der Waals surface area contributed by atoms with Gasteiger partial charge in [-0.25, -0.2) is 9.82 Å². The average Bonchev–Trinajstić information content (AvgIpc) is 2.34. The first-order valence-corrected chi connectivity index (χ1v) is 6.46. The molecule has 0 heterocycles. The molecular weight excluding hydrogens is 319 g/mol. The summed E-state index contributed by atoms with van der Waals surface area (Å²) in [5.41, 5.74) is 3.94. The lowest BCUT2D eigenvalue weighted by molar-refractivity contribution is 0.559. The summed E-state index contributed by atoms with van der Waals surface area (Å²) in [6, 6.07) is 11.6. The molecule has 2 nitrogen and oxygen atoms in total. The van der Waals surface area contributed by atoms with Crippen molar-refractivity contribution in [2.75, 3.05) is 0 Å². The first-order valence-electron chi connectivity index (χ1n) is 5.29. The topological polar surface area (TPSA) is 38.0 Å². The van der Waals surface area contributed by atoms with Gasteiger partial charge in [-0.2, -0.15) is 0 Å². The van der Waals surface area contributed by atoms with Crippen molar-refractivity contribution in [2.45, 2.75) is 6.04 Å². The van der Waals surface area contributed by atoms with E-state index in [0.29, 0.717) is 10.6 Å². The molecule has 0 aliphatic rings. The smallest absolute Gasteiger partial charge is 0.129 e. The van der Waals surface area contributed by atoms with Gasteiger partial charge >= 0.3 is 0 Å². The average molecular weight is 330 g/mol. The SMILES string of the molecule is NNC(c1ccc(Cl)cc1F)c1ccccc1Br. The molecule has 0 saturated heterocycles. The van der Waals surface area contributed by atoms with Gasteiger partial charge in [0, 0.05) is 15.1 Å². The van der Waals surface area contributed by atoms with E-state index in [0.717, 1.165) is 10.0 Å². The molecule has 0 aliphatic carbocycles. The van der Waals surface area contributed by atoms with Crippen molar-refractivity contribution >= 4 is 27.5 Å². The Morgan fingerprint density at radius 2 is 1.89 bits per heavy atom. The molecule has 0 saturated carbocycles. The zero-order chi connectivity index (χ0) is 13.1. The van der Waals surface area contributed by atoms with Crippen LogP contribution in [0.15, 0.2) is 46.9 Å². The van der Waals surface area contributed by atoms with Crippen LogP contribution in [0.5, 0.6) is 0 Å². The monoisotopic (exact) mass is 328 g/mol. The van der Waals surface area contributed by atoms with E-state index >= 15 is 0 Å².